The Balaban J connectivity index is 1.97. The summed E-state index contributed by atoms with van der Waals surface area (Å²) in [5, 5.41) is 2.92. The molecule has 134 valence electrons. The zero-order valence-electron chi connectivity index (χ0n) is 15.1. The number of rotatable bonds is 8. The van der Waals surface area contributed by atoms with E-state index in [9.17, 15) is 9.59 Å². The van der Waals surface area contributed by atoms with Gasteiger partial charge in [0.25, 0.3) is 5.56 Å². The van der Waals surface area contributed by atoms with E-state index >= 15 is 0 Å². The van der Waals surface area contributed by atoms with Crippen LogP contribution in [0.25, 0.3) is 0 Å². The largest absolute Gasteiger partial charge is 0.496 e. The molecule has 1 aromatic heterocycles. The van der Waals surface area contributed by atoms with Crippen LogP contribution >= 0.6 is 0 Å². The predicted octanol–water partition coefficient (Wildman–Crippen LogP) is 2.73. The monoisotopic (exact) mass is 342 g/mol. The van der Waals surface area contributed by atoms with Crippen LogP contribution < -0.4 is 15.6 Å². The minimum absolute atomic E-state index is 0.0389. The number of carbonyl (C=O) groups excluding carboxylic acids is 1. The van der Waals surface area contributed by atoms with Crippen molar-refractivity contribution in [2.24, 2.45) is 0 Å². The van der Waals surface area contributed by atoms with Gasteiger partial charge in [-0.15, -0.1) is 0 Å². The predicted molar refractivity (Wildman–Crippen MR) is 99.0 cm³/mol. The number of carbonyl (C=O) groups is 1. The average molecular weight is 342 g/mol. The zero-order chi connectivity index (χ0) is 18.3. The highest BCUT2D eigenvalue weighted by Gasteiger charge is 2.27. The van der Waals surface area contributed by atoms with Crippen LogP contribution in [0.4, 0.5) is 0 Å². The highest BCUT2D eigenvalue weighted by Crippen LogP contribution is 2.36. The topological polar surface area (TPSA) is 60.3 Å². The summed E-state index contributed by atoms with van der Waals surface area (Å²) in [6.07, 6.45) is 3.34. The van der Waals surface area contributed by atoms with Gasteiger partial charge in [-0.25, -0.2) is 0 Å². The third-order valence-corrected chi connectivity index (χ3v) is 4.75. The molecule has 5 nitrogen and oxygen atoms in total. The molecular weight excluding hydrogens is 316 g/mol. The number of benzene rings is 1. The van der Waals surface area contributed by atoms with Crippen LogP contribution in [0.2, 0.25) is 0 Å². The number of methoxy groups -OCH3 is 1. The van der Waals surface area contributed by atoms with Crippen molar-refractivity contribution in [2.45, 2.75) is 38.6 Å². The smallest absolute Gasteiger partial charge is 0.250 e. The third-order valence-electron chi connectivity index (χ3n) is 4.75. The molecule has 0 aliphatic carbocycles. The van der Waals surface area contributed by atoms with Gasteiger partial charge in [0.1, 0.15) is 12.3 Å². The number of amides is 1. The van der Waals surface area contributed by atoms with E-state index in [4.69, 9.17) is 4.74 Å². The molecule has 0 unspecified atom stereocenters. The number of nitrogens with one attached hydrogen (secondary N) is 1. The molecule has 25 heavy (non-hydrogen) atoms. The fourth-order valence-electron chi connectivity index (χ4n) is 2.92. The molecule has 0 saturated carbocycles. The Morgan fingerprint density at radius 3 is 2.60 bits per heavy atom. The summed E-state index contributed by atoms with van der Waals surface area (Å²) in [7, 11) is 1.67. The Kier molecular flexibility index (Phi) is 6.39. The van der Waals surface area contributed by atoms with Crippen LogP contribution in [0, 0.1) is 0 Å². The van der Waals surface area contributed by atoms with Crippen molar-refractivity contribution in [1.82, 2.24) is 9.88 Å². The molecule has 0 radical (unpaired) electrons. The lowest BCUT2D eigenvalue weighted by molar-refractivity contribution is -0.121. The van der Waals surface area contributed by atoms with Gasteiger partial charge in [0.2, 0.25) is 5.91 Å². The Bertz CT molecular complexity index is 769. The quantitative estimate of drug-likeness (QED) is 0.802. The molecule has 1 heterocycles. The number of hydrogen-bond donors (Lipinski definition) is 1. The van der Waals surface area contributed by atoms with Crippen molar-refractivity contribution < 1.29 is 9.53 Å². The lowest BCUT2D eigenvalue weighted by Gasteiger charge is -2.30. The lowest BCUT2D eigenvalue weighted by atomic mass is 9.77. The van der Waals surface area contributed by atoms with Gasteiger partial charge in [-0.05, 0) is 30.4 Å². The van der Waals surface area contributed by atoms with Gasteiger partial charge in [-0.3, -0.25) is 9.59 Å². The summed E-state index contributed by atoms with van der Waals surface area (Å²) in [5.41, 5.74) is 0.877. The van der Waals surface area contributed by atoms with Crippen molar-refractivity contribution in [1.29, 1.82) is 0 Å². The number of ether oxygens (including phenoxy) is 1. The van der Waals surface area contributed by atoms with E-state index < -0.39 is 0 Å². The van der Waals surface area contributed by atoms with Gasteiger partial charge in [0, 0.05) is 24.4 Å². The Morgan fingerprint density at radius 1 is 1.20 bits per heavy atom. The van der Waals surface area contributed by atoms with Crippen molar-refractivity contribution >= 4 is 5.91 Å². The molecule has 0 spiro atoms. The number of pyridine rings is 1. The second-order valence-electron chi connectivity index (χ2n) is 6.38. The maximum atomic E-state index is 12.1. The maximum absolute atomic E-state index is 12.1. The van der Waals surface area contributed by atoms with E-state index in [-0.39, 0.29) is 23.4 Å². The first-order chi connectivity index (χ1) is 12.0. The SMILES string of the molecule is CC[C@@](C)(CCNC(=O)Cn1ccccc1=O)c1ccccc1OC. The molecule has 1 atom stereocenters. The van der Waals surface area contributed by atoms with Gasteiger partial charge in [0.05, 0.1) is 7.11 Å². The van der Waals surface area contributed by atoms with Crippen LogP contribution in [-0.4, -0.2) is 24.1 Å². The molecule has 1 amide bonds. The van der Waals surface area contributed by atoms with E-state index in [0.29, 0.717) is 6.54 Å². The van der Waals surface area contributed by atoms with Gasteiger partial charge in [-0.2, -0.15) is 0 Å². The fourth-order valence-corrected chi connectivity index (χ4v) is 2.92. The zero-order valence-corrected chi connectivity index (χ0v) is 15.1. The van der Waals surface area contributed by atoms with E-state index in [1.54, 1.807) is 25.4 Å². The Labute approximate surface area is 148 Å². The van der Waals surface area contributed by atoms with Crippen molar-refractivity contribution in [2.75, 3.05) is 13.7 Å². The molecular formula is C20H26N2O3. The summed E-state index contributed by atoms with van der Waals surface area (Å²) in [6, 6.07) is 12.9. The molecule has 0 fully saturated rings. The van der Waals surface area contributed by atoms with Gasteiger partial charge in [0.15, 0.2) is 0 Å². The summed E-state index contributed by atoms with van der Waals surface area (Å²) >= 11 is 0. The van der Waals surface area contributed by atoms with Crippen molar-refractivity contribution in [3.05, 3.63) is 64.6 Å². The number of aromatic nitrogens is 1. The summed E-state index contributed by atoms with van der Waals surface area (Å²) in [5.74, 6) is 0.709. The fraction of sp³-hybridized carbons (Fsp3) is 0.400. The van der Waals surface area contributed by atoms with E-state index in [1.165, 1.54) is 10.6 Å². The first-order valence-electron chi connectivity index (χ1n) is 8.56. The molecule has 0 saturated heterocycles. The first-order valence-corrected chi connectivity index (χ1v) is 8.56. The van der Waals surface area contributed by atoms with Crippen molar-refractivity contribution in [3.63, 3.8) is 0 Å². The molecule has 0 aliphatic heterocycles. The second kappa shape index (κ2) is 8.51. The van der Waals surface area contributed by atoms with Crippen LogP contribution in [0.1, 0.15) is 32.3 Å². The molecule has 2 aromatic rings. The van der Waals surface area contributed by atoms with Crippen LogP contribution in [0.5, 0.6) is 5.75 Å². The number of nitrogens with zero attached hydrogens (tertiary/aromatic N) is 1. The molecule has 0 aliphatic rings. The molecule has 5 heteroatoms. The Morgan fingerprint density at radius 2 is 1.92 bits per heavy atom. The lowest BCUT2D eigenvalue weighted by Crippen LogP contribution is -2.35. The normalized spacial score (nSPS) is 13.1. The summed E-state index contributed by atoms with van der Waals surface area (Å²) < 4.78 is 6.88. The van der Waals surface area contributed by atoms with Crippen LogP contribution in [-0.2, 0) is 16.8 Å². The second-order valence-corrected chi connectivity index (χ2v) is 6.38. The third kappa shape index (κ3) is 4.72. The van der Waals surface area contributed by atoms with E-state index in [0.717, 1.165) is 24.2 Å². The molecule has 1 aromatic carbocycles. The van der Waals surface area contributed by atoms with Crippen LogP contribution in [0.3, 0.4) is 0 Å². The minimum atomic E-state index is -0.176. The first kappa shape index (κ1) is 18.8. The molecule has 2 rings (SSSR count). The standard InChI is InChI=1S/C20H26N2O3/c1-4-20(2,16-9-5-6-10-17(16)25-3)12-13-21-18(23)15-22-14-8-7-11-19(22)24/h5-11,14H,4,12-13,15H2,1-3H3,(H,21,23)/t20-/m0/s1. The van der Waals surface area contributed by atoms with Gasteiger partial charge < -0.3 is 14.6 Å². The Hall–Kier alpha value is -2.56. The maximum Gasteiger partial charge on any atom is 0.250 e. The minimum Gasteiger partial charge on any atom is -0.496 e. The van der Waals surface area contributed by atoms with E-state index in [2.05, 4.69) is 25.2 Å². The highest BCUT2D eigenvalue weighted by atomic mass is 16.5. The average Bonchev–Trinajstić information content (AvgIpc) is 2.63. The van der Waals surface area contributed by atoms with Crippen LogP contribution in [0.15, 0.2) is 53.5 Å². The summed E-state index contributed by atoms with van der Waals surface area (Å²) in [6.45, 7) is 4.90. The van der Waals surface area contributed by atoms with Gasteiger partial charge in [-0.1, -0.05) is 38.1 Å². The summed E-state index contributed by atoms with van der Waals surface area (Å²) in [4.78, 5) is 23.8. The number of para-hydroxylation sites is 1. The molecule has 0 bridgehead atoms. The highest BCUT2D eigenvalue weighted by molar-refractivity contribution is 5.75. The molecule has 1 N–H and O–H groups in total. The van der Waals surface area contributed by atoms with E-state index in [1.807, 2.05) is 18.2 Å². The number of hydrogen-bond acceptors (Lipinski definition) is 3. The van der Waals surface area contributed by atoms with Crippen molar-refractivity contribution in [3.8, 4) is 5.75 Å². The van der Waals surface area contributed by atoms with Gasteiger partial charge >= 0.3 is 0 Å².